The van der Waals surface area contributed by atoms with Crippen LogP contribution < -0.4 is 11.1 Å². The molecule has 0 spiro atoms. The number of amides is 1. The summed E-state index contributed by atoms with van der Waals surface area (Å²) in [6.45, 7) is 5.87. The number of carbonyl (C=O) groups is 1. The molecule has 1 aromatic carbocycles. The van der Waals surface area contributed by atoms with Crippen LogP contribution >= 0.6 is 11.3 Å². The summed E-state index contributed by atoms with van der Waals surface area (Å²) >= 11 is 1.53. The zero-order chi connectivity index (χ0) is 15.4. The predicted molar refractivity (Wildman–Crippen MR) is 87.7 cm³/mol. The molecule has 4 nitrogen and oxygen atoms in total. The van der Waals surface area contributed by atoms with Crippen LogP contribution in [0.5, 0.6) is 0 Å². The topological polar surface area (TPSA) is 68.0 Å². The molecule has 0 fully saturated rings. The van der Waals surface area contributed by atoms with E-state index >= 15 is 0 Å². The summed E-state index contributed by atoms with van der Waals surface area (Å²) in [5.41, 5.74) is 9.09. The van der Waals surface area contributed by atoms with Crippen LogP contribution in [0.3, 0.4) is 0 Å². The van der Waals surface area contributed by atoms with Gasteiger partial charge >= 0.3 is 0 Å². The Bertz CT molecular complexity index is 617. The molecule has 0 saturated heterocycles. The van der Waals surface area contributed by atoms with E-state index in [0.29, 0.717) is 11.6 Å². The number of nitrogens with one attached hydrogen (secondary N) is 1. The Balaban J connectivity index is 2.05. The van der Waals surface area contributed by atoms with Gasteiger partial charge in [-0.3, -0.25) is 4.79 Å². The van der Waals surface area contributed by atoms with E-state index in [4.69, 9.17) is 5.73 Å². The molecule has 1 atom stereocenters. The lowest BCUT2D eigenvalue weighted by atomic mass is 10.1. The second-order valence-electron chi connectivity index (χ2n) is 5.42. The lowest BCUT2D eigenvalue weighted by molar-refractivity contribution is -0.116. The number of hydrogen-bond acceptors (Lipinski definition) is 4. The van der Waals surface area contributed by atoms with E-state index in [1.807, 2.05) is 13.8 Å². The van der Waals surface area contributed by atoms with Gasteiger partial charge < -0.3 is 11.1 Å². The van der Waals surface area contributed by atoms with Crippen molar-refractivity contribution in [1.82, 2.24) is 4.98 Å². The Labute approximate surface area is 129 Å². The molecule has 3 N–H and O–H groups in total. The van der Waals surface area contributed by atoms with E-state index in [-0.39, 0.29) is 11.9 Å². The highest BCUT2D eigenvalue weighted by molar-refractivity contribution is 7.15. The lowest BCUT2D eigenvalue weighted by Gasteiger charge is -2.03. The Hall–Kier alpha value is -1.72. The standard InChI is InChI=1S/C16H21N3OS/c1-10-4-6-13(7-5-10)9-14-12(3)18-16(21-14)19-15(20)8-11(2)17/h4-7,11H,8-9,17H2,1-3H3,(H,18,19,20). The predicted octanol–water partition coefficient (Wildman–Crippen LogP) is 3.03. The molecule has 2 aromatic rings. The van der Waals surface area contributed by atoms with E-state index in [9.17, 15) is 4.79 Å². The number of nitrogens with zero attached hydrogens (tertiary/aromatic N) is 1. The molecule has 112 valence electrons. The number of benzene rings is 1. The van der Waals surface area contributed by atoms with Crippen LogP contribution in [0.25, 0.3) is 0 Å². The number of nitrogens with two attached hydrogens (primary N) is 1. The third-order valence-electron chi connectivity index (χ3n) is 3.13. The van der Waals surface area contributed by atoms with Gasteiger partial charge in [0.05, 0.1) is 5.69 Å². The molecule has 1 unspecified atom stereocenters. The van der Waals surface area contributed by atoms with Gasteiger partial charge in [0.2, 0.25) is 5.91 Å². The summed E-state index contributed by atoms with van der Waals surface area (Å²) in [6, 6.07) is 8.33. The first-order valence-electron chi connectivity index (χ1n) is 7.01. The maximum Gasteiger partial charge on any atom is 0.227 e. The third-order valence-corrected chi connectivity index (χ3v) is 4.20. The highest BCUT2D eigenvalue weighted by Crippen LogP contribution is 2.25. The van der Waals surface area contributed by atoms with Crippen molar-refractivity contribution >= 4 is 22.4 Å². The molecular weight excluding hydrogens is 282 g/mol. The smallest absolute Gasteiger partial charge is 0.227 e. The van der Waals surface area contributed by atoms with Gasteiger partial charge in [0.1, 0.15) is 0 Å². The van der Waals surface area contributed by atoms with Gasteiger partial charge in [-0.2, -0.15) is 0 Å². The Morgan fingerprint density at radius 1 is 1.33 bits per heavy atom. The minimum Gasteiger partial charge on any atom is -0.327 e. The van der Waals surface area contributed by atoms with Crippen molar-refractivity contribution in [2.45, 2.75) is 39.7 Å². The molecule has 5 heteroatoms. The molecule has 21 heavy (non-hydrogen) atoms. The number of hydrogen-bond donors (Lipinski definition) is 2. The SMILES string of the molecule is Cc1ccc(Cc2sc(NC(=O)CC(C)N)nc2C)cc1. The Morgan fingerprint density at radius 2 is 2.00 bits per heavy atom. The van der Waals surface area contributed by atoms with E-state index in [1.54, 1.807) is 0 Å². The quantitative estimate of drug-likeness (QED) is 0.892. The highest BCUT2D eigenvalue weighted by atomic mass is 32.1. The van der Waals surface area contributed by atoms with Gasteiger partial charge in [0.25, 0.3) is 0 Å². The van der Waals surface area contributed by atoms with Crippen LogP contribution in [-0.4, -0.2) is 16.9 Å². The van der Waals surface area contributed by atoms with Gasteiger partial charge in [0.15, 0.2) is 5.13 Å². The average Bonchev–Trinajstić information content (AvgIpc) is 2.71. The van der Waals surface area contributed by atoms with E-state index < -0.39 is 0 Å². The minimum absolute atomic E-state index is 0.0827. The molecule has 0 aliphatic carbocycles. The van der Waals surface area contributed by atoms with Gasteiger partial charge in [0, 0.05) is 23.8 Å². The first-order valence-corrected chi connectivity index (χ1v) is 7.83. The van der Waals surface area contributed by atoms with Gasteiger partial charge in [-0.05, 0) is 26.3 Å². The molecular formula is C16H21N3OS. The second kappa shape index (κ2) is 6.83. The normalized spacial score (nSPS) is 12.2. The summed E-state index contributed by atoms with van der Waals surface area (Å²) in [7, 11) is 0. The van der Waals surface area contributed by atoms with Gasteiger partial charge in [-0.25, -0.2) is 4.98 Å². The average molecular weight is 303 g/mol. The van der Waals surface area contributed by atoms with Crippen LogP contribution in [0.1, 0.15) is 35.0 Å². The number of aromatic nitrogens is 1. The number of aryl methyl sites for hydroxylation is 2. The first kappa shape index (κ1) is 15.7. The van der Waals surface area contributed by atoms with Crippen LogP contribution in [-0.2, 0) is 11.2 Å². The Morgan fingerprint density at radius 3 is 2.62 bits per heavy atom. The van der Waals surface area contributed by atoms with E-state index in [1.165, 1.54) is 27.3 Å². The summed E-state index contributed by atoms with van der Waals surface area (Å²) in [4.78, 5) is 17.3. The summed E-state index contributed by atoms with van der Waals surface area (Å²) in [5.74, 6) is -0.0827. The number of rotatable bonds is 5. The lowest BCUT2D eigenvalue weighted by Crippen LogP contribution is -2.23. The summed E-state index contributed by atoms with van der Waals surface area (Å²) < 4.78 is 0. The fraction of sp³-hybridized carbons (Fsp3) is 0.375. The second-order valence-corrected chi connectivity index (χ2v) is 6.50. The molecule has 1 aromatic heterocycles. The molecule has 0 aliphatic rings. The van der Waals surface area contributed by atoms with Gasteiger partial charge in [-0.15, -0.1) is 11.3 Å². The maximum atomic E-state index is 11.7. The maximum absolute atomic E-state index is 11.7. The van der Waals surface area contributed by atoms with Crippen LogP contribution in [0.15, 0.2) is 24.3 Å². The number of carbonyl (C=O) groups excluding carboxylic acids is 1. The number of thiazole rings is 1. The largest absolute Gasteiger partial charge is 0.327 e. The highest BCUT2D eigenvalue weighted by Gasteiger charge is 2.12. The molecule has 0 aliphatic heterocycles. The monoisotopic (exact) mass is 303 g/mol. The van der Waals surface area contributed by atoms with Crippen molar-refractivity contribution in [1.29, 1.82) is 0 Å². The molecule has 0 bridgehead atoms. The summed E-state index contributed by atoms with van der Waals surface area (Å²) in [5, 5.41) is 3.47. The Kier molecular flexibility index (Phi) is 5.09. The molecule has 1 heterocycles. The van der Waals surface area contributed by atoms with Crippen molar-refractivity contribution < 1.29 is 4.79 Å². The number of anilines is 1. The van der Waals surface area contributed by atoms with Crippen molar-refractivity contribution in [2.24, 2.45) is 5.73 Å². The molecule has 0 saturated carbocycles. The zero-order valence-corrected chi connectivity index (χ0v) is 13.5. The van der Waals surface area contributed by atoms with Crippen LogP contribution in [0.2, 0.25) is 0 Å². The van der Waals surface area contributed by atoms with E-state index in [2.05, 4.69) is 41.5 Å². The molecule has 0 radical (unpaired) electrons. The molecule has 2 rings (SSSR count). The third kappa shape index (κ3) is 4.65. The van der Waals surface area contributed by atoms with Crippen molar-refractivity contribution in [3.05, 3.63) is 46.0 Å². The minimum atomic E-state index is -0.141. The molecule has 1 amide bonds. The van der Waals surface area contributed by atoms with Crippen LogP contribution in [0.4, 0.5) is 5.13 Å². The van der Waals surface area contributed by atoms with Crippen molar-refractivity contribution in [2.75, 3.05) is 5.32 Å². The van der Waals surface area contributed by atoms with Crippen LogP contribution in [0, 0.1) is 13.8 Å². The van der Waals surface area contributed by atoms with Gasteiger partial charge in [-0.1, -0.05) is 29.8 Å². The van der Waals surface area contributed by atoms with Crippen molar-refractivity contribution in [3.8, 4) is 0 Å². The summed E-state index contributed by atoms with van der Waals surface area (Å²) in [6.07, 6.45) is 1.15. The van der Waals surface area contributed by atoms with Crippen molar-refractivity contribution in [3.63, 3.8) is 0 Å². The first-order chi connectivity index (χ1) is 9.94. The van der Waals surface area contributed by atoms with E-state index in [0.717, 1.165) is 12.1 Å². The fourth-order valence-corrected chi connectivity index (χ4v) is 3.01. The fourth-order valence-electron chi connectivity index (χ4n) is 2.00. The zero-order valence-electron chi connectivity index (χ0n) is 12.6.